The van der Waals surface area contributed by atoms with E-state index < -0.39 is 0 Å². The molecule has 1 fully saturated rings. The van der Waals surface area contributed by atoms with Gasteiger partial charge in [0.15, 0.2) is 0 Å². The van der Waals surface area contributed by atoms with E-state index in [1.54, 1.807) is 0 Å². The summed E-state index contributed by atoms with van der Waals surface area (Å²) >= 11 is 0. The van der Waals surface area contributed by atoms with Gasteiger partial charge in [-0.15, -0.1) is 0 Å². The predicted octanol–water partition coefficient (Wildman–Crippen LogP) is 3.75. The van der Waals surface area contributed by atoms with Crippen LogP contribution in [-0.2, 0) is 4.79 Å². The SMILES string of the molecule is CCCCCCC(=O)N1CCCCC1CC. The molecular weight excluding hydrogens is 198 g/mol. The van der Waals surface area contributed by atoms with Crippen LogP contribution in [0.25, 0.3) is 0 Å². The van der Waals surface area contributed by atoms with Crippen LogP contribution in [0, 0.1) is 0 Å². The molecule has 0 spiro atoms. The molecule has 0 aliphatic carbocycles. The standard InChI is InChI=1S/C14H27NO/c1-3-5-6-7-11-14(16)15-12-9-8-10-13(15)4-2/h13H,3-12H2,1-2H3. The molecule has 0 N–H and O–H groups in total. The van der Waals surface area contributed by atoms with E-state index >= 15 is 0 Å². The second-order valence-corrected chi connectivity index (χ2v) is 4.96. The number of carbonyl (C=O) groups is 1. The molecule has 94 valence electrons. The molecule has 0 aromatic carbocycles. The Morgan fingerprint density at radius 1 is 1.19 bits per heavy atom. The van der Waals surface area contributed by atoms with Crippen molar-refractivity contribution < 1.29 is 4.79 Å². The summed E-state index contributed by atoms with van der Waals surface area (Å²) in [6, 6.07) is 0.535. The van der Waals surface area contributed by atoms with Gasteiger partial charge < -0.3 is 4.90 Å². The van der Waals surface area contributed by atoms with Crippen molar-refractivity contribution in [2.45, 2.75) is 77.7 Å². The topological polar surface area (TPSA) is 20.3 Å². The quantitative estimate of drug-likeness (QED) is 0.630. The molecule has 1 heterocycles. The fraction of sp³-hybridized carbons (Fsp3) is 0.929. The highest BCUT2D eigenvalue weighted by molar-refractivity contribution is 5.76. The van der Waals surface area contributed by atoms with Crippen LogP contribution in [0.3, 0.4) is 0 Å². The second kappa shape index (κ2) is 7.70. The van der Waals surface area contributed by atoms with Gasteiger partial charge in [0.25, 0.3) is 0 Å². The molecule has 1 atom stereocenters. The van der Waals surface area contributed by atoms with Crippen molar-refractivity contribution in [3.05, 3.63) is 0 Å². The van der Waals surface area contributed by atoms with Crippen LogP contribution in [-0.4, -0.2) is 23.4 Å². The summed E-state index contributed by atoms with van der Waals surface area (Å²) in [5.74, 6) is 0.405. The molecule has 2 nitrogen and oxygen atoms in total. The number of nitrogens with zero attached hydrogens (tertiary/aromatic N) is 1. The molecule has 1 saturated heterocycles. The molecule has 1 aliphatic heterocycles. The Bertz CT molecular complexity index is 203. The lowest BCUT2D eigenvalue weighted by Gasteiger charge is -2.35. The van der Waals surface area contributed by atoms with Gasteiger partial charge in [0.2, 0.25) is 5.91 Å². The first-order valence-corrected chi connectivity index (χ1v) is 7.09. The molecule has 16 heavy (non-hydrogen) atoms. The lowest BCUT2D eigenvalue weighted by Crippen LogP contribution is -2.43. The molecule has 0 aromatic heterocycles. The van der Waals surface area contributed by atoms with Crippen LogP contribution in [0.1, 0.15) is 71.6 Å². The van der Waals surface area contributed by atoms with E-state index in [0.29, 0.717) is 11.9 Å². The molecule has 1 rings (SSSR count). The summed E-state index contributed by atoms with van der Waals surface area (Å²) in [5, 5.41) is 0. The maximum atomic E-state index is 12.1. The third-order valence-electron chi connectivity index (χ3n) is 3.66. The Morgan fingerprint density at radius 2 is 2.00 bits per heavy atom. The predicted molar refractivity (Wildman–Crippen MR) is 68.4 cm³/mol. The zero-order valence-electron chi connectivity index (χ0n) is 11.0. The van der Waals surface area contributed by atoms with E-state index in [-0.39, 0.29) is 0 Å². The number of likely N-dealkylation sites (tertiary alicyclic amines) is 1. The van der Waals surface area contributed by atoms with Crippen LogP contribution >= 0.6 is 0 Å². The number of amides is 1. The van der Waals surface area contributed by atoms with Crippen LogP contribution in [0.4, 0.5) is 0 Å². The van der Waals surface area contributed by atoms with Crippen molar-refractivity contribution in [1.82, 2.24) is 4.90 Å². The average molecular weight is 225 g/mol. The number of carbonyl (C=O) groups excluding carboxylic acids is 1. The van der Waals surface area contributed by atoms with E-state index in [2.05, 4.69) is 18.7 Å². The van der Waals surface area contributed by atoms with Gasteiger partial charge in [-0.05, 0) is 32.1 Å². The van der Waals surface area contributed by atoms with Crippen molar-refractivity contribution >= 4 is 5.91 Å². The Labute approximate surface area is 100 Å². The Balaban J connectivity index is 2.27. The van der Waals surface area contributed by atoms with Crippen molar-refractivity contribution in [3.63, 3.8) is 0 Å². The van der Waals surface area contributed by atoms with E-state index in [1.165, 1.54) is 38.5 Å². The lowest BCUT2D eigenvalue weighted by molar-refractivity contribution is -0.135. The van der Waals surface area contributed by atoms with Crippen LogP contribution in [0.5, 0.6) is 0 Å². The van der Waals surface area contributed by atoms with Gasteiger partial charge in [-0.2, -0.15) is 0 Å². The van der Waals surface area contributed by atoms with Gasteiger partial charge in [0.1, 0.15) is 0 Å². The highest BCUT2D eigenvalue weighted by Gasteiger charge is 2.24. The van der Waals surface area contributed by atoms with Crippen LogP contribution < -0.4 is 0 Å². The van der Waals surface area contributed by atoms with Crippen LogP contribution in [0.15, 0.2) is 0 Å². The number of rotatable bonds is 6. The van der Waals surface area contributed by atoms with Crippen molar-refractivity contribution in [3.8, 4) is 0 Å². The molecule has 1 unspecified atom stereocenters. The Hall–Kier alpha value is -0.530. The maximum Gasteiger partial charge on any atom is 0.222 e. The fourth-order valence-electron chi connectivity index (χ4n) is 2.60. The van der Waals surface area contributed by atoms with E-state index in [1.807, 2.05) is 0 Å². The van der Waals surface area contributed by atoms with Gasteiger partial charge in [0, 0.05) is 19.0 Å². The highest BCUT2D eigenvalue weighted by Crippen LogP contribution is 2.20. The summed E-state index contributed by atoms with van der Waals surface area (Å²) in [6.45, 7) is 5.41. The third kappa shape index (κ3) is 4.15. The van der Waals surface area contributed by atoms with Gasteiger partial charge >= 0.3 is 0 Å². The van der Waals surface area contributed by atoms with Gasteiger partial charge in [-0.3, -0.25) is 4.79 Å². The molecule has 0 aromatic rings. The molecule has 0 saturated carbocycles. The second-order valence-electron chi connectivity index (χ2n) is 4.96. The zero-order chi connectivity index (χ0) is 11.8. The first kappa shape index (κ1) is 13.5. The van der Waals surface area contributed by atoms with Crippen molar-refractivity contribution in [1.29, 1.82) is 0 Å². The van der Waals surface area contributed by atoms with E-state index in [0.717, 1.165) is 25.8 Å². The average Bonchev–Trinajstić information content (AvgIpc) is 2.34. The third-order valence-corrected chi connectivity index (χ3v) is 3.66. The Morgan fingerprint density at radius 3 is 2.69 bits per heavy atom. The minimum atomic E-state index is 0.405. The first-order valence-electron chi connectivity index (χ1n) is 7.09. The monoisotopic (exact) mass is 225 g/mol. The minimum absolute atomic E-state index is 0.405. The molecule has 1 aliphatic rings. The molecule has 0 radical (unpaired) electrons. The smallest absolute Gasteiger partial charge is 0.222 e. The van der Waals surface area contributed by atoms with E-state index in [4.69, 9.17) is 0 Å². The Kier molecular flexibility index (Phi) is 6.51. The highest BCUT2D eigenvalue weighted by atomic mass is 16.2. The van der Waals surface area contributed by atoms with Gasteiger partial charge in [-0.1, -0.05) is 33.1 Å². The van der Waals surface area contributed by atoms with Crippen molar-refractivity contribution in [2.24, 2.45) is 0 Å². The fourth-order valence-corrected chi connectivity index (χ4v) is 2.60. The lowest BCUT2D eigenvalue weighted by atomic mass is 9.99. The summed E-state index contributed by atoms with van der Waals surface area (Å²) in [7, 11) is 0. The number of piperidine rings is 1. The minimum Gasteiger partial charge on any atom is -0.340 e. The van der Waals surface area contributed by atoms with Gasteiger partial charge in [0.05, 0.1) is 0 Å². The summed E-state index contributed by atoms with van der Waals surface area (Å²) < 4.78 is 0. The maximum absolute atomic E-state index is 12.1. The largest absolute Gasteiger partial charge is 0.340 e. The normalized spacial score (nSPS) is 21.1. The molecule has 0 bridgehead atoms. The van der Waals surface area contributed by atoms with Crippen molar-refractivity contribution in [2.75, 3.05) is 6.54 Å². The van der Waals surface area contributed by atoms with E-state index in [9.17, 15) is 4.79 Å². The number of hydrogen-bond acceptors (Lipinski definition) is 1. The molecule has 2 heteroatoms. The van der Waals surface area contributed by atoms with Crippen LogP contribution in [0.2, 0.25) is 0 Å². The summed E-state index contributed by atoms with van der Waals surface area (Å²) in [4.78, 5) is 14.2. The molecule has 1 amide bonds. The summed E-state index contributed by atoms with van der Waals surface area (Å²) in [6.07, 6.45) is 10.4. The number of hydrogen-bond donors (Lipinski definition) is 0. The first-order chi connectivity index (χ1) is 7.79. The zero-order valence-corrected chi connectivity index (χ0v) is 11.0. The summed E-state index contributed by atoms with van der Waals surface area (Å²) in [5.41, 5.74) is 0. The molecular formula is C14H27NO. The van der Waals surface area contributed by atoms with Gasteiger partial charge in [-0.25, -0.2) is 0 Å². The number of unbranched alkanes of at least 4 members (excludes halogenated alkanes) is 3.